The Morgan fingerprint density at radius 3 is 2.88 bits per heavy atom. The highest BCUT2D eigenvalue weighted by Crippen LogP contribution is 2.12. The molecule has 1 aliphatic heterocycles. The zero-order valence-electron chi connectivity index (χ0n) is 10.7. The summed E-state index contributed by atoms with van der Waals surface area (Å²) in [6.45, 7) is 4.74. The molecule has 1 aliphatic rings. The van der Waals surface area contributed by atoms with Crippen LogP contribution in [0.2, 0.25) is 0 Å². The lowest BCUT2D eigenvalue weighted by Gasteiger charge is -2.20. The number of aromatic nitrogens is 3. The first kappa shape index (κ1) is 12.5. The molecule has 1 saturated heterocycles. The van der Waals surface area contributed by atoms with Crippen molar-refractivity contribution in [3.05, 3.63) is 11.9 Å². The second-order valence-corrected chi connectivity index (χ2v) is 4.88. The first-order chi connectivity index (χ1) is 8.19. The lowest BCUT2D eigenvalue weighted by atomic mass is 10.2. The van der Waals surface area contributed by atoms with Crippen molar-refractivity contribution in [3.8, 4) is 0 Å². The van der Waals surface area contributed by atoms with Crippen LogP contribution in [-0.4, -0.2) is 64.6 Å². The first-order valence-electron chi connectivity index (χ1n) is 6.17. The van der Waals surface area contributed by atoms with Gasteiger partial charge in [0.15, 0.2) is 0 Å². The van der Waals surface area contributed by atoms with Crippen LogP contribution in [-0.2, 0) is 13.1 Å². The van der Waals surface area contributed by atoms with Gasteiger partial charge in [-0.2, -0.15) is 0 Å². The molecule has 2 heterocycles. The molecule has 0 bridgehead atoms. The molecule has 1 aromatic rings. The van der Waals surface area contributed by atoms with Crippen LogP contribution in [0.25, 0.3) is 0 Å². The fourth-order valence-corrected chi connectivity index (χ4v) is 2.22. The third kappa shape index (κ3) is 3.24. The van der Waals surface area contributed by atoms with Crippen LogP contribution in [0.4, 0.5) is 0 Å². The molecule has 1 atom stereocenters. The second kappa shape index (κ2) is 5.57. The molecule has 0 aliphatic carbocycles. The molecule has 2 rings (SSSR count). The Morgan fingerprint density at radius 2 is 2.29 bits per heavy atom. The minimum Gasteiger partial charge on any atom is -0.325 e. The number of nitrogens with zero attached hydrogens (tertiary/aromatic N) is 5. The molecule has 1 aromatic heterocycles. The van der Waals surface area contributed by atoms with Gasteiger partial charge in [0.05, 0.1) is 12.2 Å². The van der Waals surface area contributed by atoms with E-state index in [4.69, 9.17) is 5.73 Å². The maximum absolute atomic E-state index is 5.50. The summed E-state index contributed by atoms with van der Waals surface area (Å²) in [6, 6.07) is 0.699. The van der Waals surface area contributed by atoms with Crippen molar-refractivity contribution in [2.45, 2.75) is 25.6 Å². The van der Waals surface area contributed by atoms with Gasteiger partial charge in [0, 0.05) is 31.9 Å². The highest BCUT2D eigenvalue weighted by atomic mass is 15.4. The second-order valence-electron chi connectivity index (χ2n) is 4.88. The third-order valence-electron chi connectivity index (χ3n) is 3.42. The summed E-state index contributed by atoms with van der Waals surface area (Å²) in [7, 11) is 4.30. The Bertz CT molecular complexity index is 347. The van der Waals surface area contributed by atoms with Crippen LogP contribution >= 0.6 is 0 Å². The molecule has 0 amide bonds. The van der Waals surface area contributed by atoms with Gasteiger partial charge >= 0.3 is 0 Å². The smallest absolute Gasteiger partial charge is 0.0962 e. The molecule has 0 aromatic carbocycles. The van der Waals surface area contributed by atoms with Crippen molar-refractivity contribution in [1.29, 1.82) is 0 Å². The Kier molecular flexibility index (Phi) is 4.09. The van der Waals surface area contributed by atoms with E-state index in [-0.39, 0.29) is 0 Å². The first-order valence-corrected chi connectivity index (χ1v) is 6.17. The van der Waals surface area contributed by atoms with Crippen molar-refractivity contribution < 1.29 is 0 Å². The van der Waals surface area contributed by atoms with E-state index < -0.39 is 0 Å². The number of hydrogen-bond donors (Lipinski definition) is 1. The lowest BCUT2D eigenvalue weighted by Crippen LogP contribution is -2.32. The van der Waals surface area contributed by atoms with Crippen LogP contribution in [0, 0.1) is 0 Å². The number of likely N-dealkylation sites (tertiary alicyclic amines) is 1. The van der Waals surface area contributed by atoms with Crippen LogP contribution in [0.15, 0.2) is 6.20 Å². The zero-order chi connectivity index (χ0) is 12.3. The van der Waals surface area contributed by atoms with E-state index in [1.807, 2.05) is 10.9 Å². The molecule has 17 heavy (non-hydrogen) atoms. The topological polar surface area (TPSA) is 63.2 Å². The average Bonchev–Trinajstić information content (AvgIpc) is 2.95. The zero-order valence-corrected chi connectivity index (χ0v) is 10.7. The summed E-state index contributed by atoms with van der Waals surface area (Å²) in [5.41, 5.74) is 6.36. The largest absolute Gasteiger partial charge is 0.325 e. The van der Waals surface area contributed by atoms with E-state index >= 15 is 0 Å². The highest BCUT2D eigenvalue weighted by Gasteiger charge is 2.23. The van der Waals surface area contributed by atoms with E-state index in [1.54, 1.807) is 0 Å². The highest BCUT2D eigenvalue weighted by molar-refractivity contribution is 4.90. The Labute approximate surface area is 102 Å². The molecule has 0 saturated carbocycles. The monoisotopic (exact) mass is 238 g/mol. The van der Waals surface area contributed by atoms with Crippen LogP contribution in [0.3, 0.4) is 0 Å². The van der Waals surface area contributed by atoms with E-state index in [1.165, 1.54) is 13.0 Å². The molecule has 1 unspecified atom stereocenters. The van der Waals surface area contributed by atoms with E-state index in [9.17, 15) is 0 Å². The molecule has 2 N–H and O–H groups in total. The normalized spacial score (nSPS) is 21.5. The van der Waals surface area contributed by atoms with Crippen molar-refractivity contribution in [2.24, 2.45) is 5.73 Å². The molecular weight excluding hydrogens is 216 g/mol. The number of rotatable bonds is 5. The number of hydrogen-bond acceptors (Lipinski definition) is 5. The van der Waals surface area contributed by atoms with Gasteiger partial charge in [-0.3, -0.25) is 9.58 Å². The van der Waals surface area contributed by atoms with Gasteiger partial charge < -0.3 is 10.6 Å². The van der Waals surface area contributed by atoms with Gasteiger partial charge in [-0.05, 0) is 27.1 Å². The summed E-state index contributed by atoms with van der Waals surface area (Å²) in [5, 5.41) is 8.04. The van der Waals surface area contributed by atoms with Crippen molar-refractivity contribution in [2.75, 3.05) is 33.7 Å². The van der Waals surface area contributed by atoms with Gasteiger partial charge in [0.2, 0.25) is 0 Å². The Morgan fingerprint density at radius 1 is 1.47 bits per heavy atom. The minimum atomic E-state index is 0.465. The van der Waals surface area contributed by atoms with E-state index in [0.29, 0.717) is 12.6 Å². The minimum absolute atomic E-state index is 0.465. The maximum atomic E-state index is 5.50. The van der Waals surface area contributed by atoms with Crippen LogP contribution < -0.4 is 5.73 Å². The number of likely N-dealkylation sites (N-methyl/N-ethyl adjacent to an activating group) is 1. The summed E-state index contributed by atoms with van der Waals surface area (Å²) in [6.07, 6.45) is 3.19. The molecule has 1 fully saturated rings. The average molecular weight is 238 g/mol. The molecular formula is C11H22N6. The fourth-order valence-electron chi connectivity index (χ4n) is 2.22. The van der Waals surface area contributed by atoms with Crippen molar-refractivity contribution in [3.63, 3.8) is 0 Å². The number of nitrogens with two attached hydrogens (primary N) is 1. The van der Waals surface area contributed by atoms with E-state index in [2.05, 4.69) is 34.2 Å². The molecule has 6 nitrogen and oxygen atoms in total. The molecule has 0 spiro atoms. The van der Waals surface area contributed by atoms with Crippen molar-refractivity contribution >= 4 is 0 Å². The summed E-state index contributed by atoms with van der Waals surface area (Å²) in [4.78, 5) is 4.79. The van der Waals surface area contributed by atoms with Gasteiger partial charge in [-0.25, -0.2) is 0 Å². The predicted octanol–water partition coefficient (Wildman–Crippen LogP) is -0.627. The maximum Gasteiger partial charge on any atom is 0.0962 e. The SMILES string of the molecule is CN(C)C1CCN(CCn2cc(CN)nn2)C1. The Balaban J connectivity index is 1.76. The fraction of sp³-hybridized carbons (Fsp3) is 0.818. The molecule has 0 radical (unpaired) electrons. The predicted molar refractivity (Wildman–Crippen MR) is 66.4 cm³/mol. The van der Waals surface area contributed by atoms with Crippen LogP contribution in [0.5, 0.6) is 0 Å². The summed E-state index contributed by atoms with van der Waals surface area (Å²) in [5.74, 6) is 0. The molecule has 6 heteroatoms. The quantitative estimate of drug-likeness (QED) is 0.740. The summed E-state index contributed by atoms with van der Waals surface area (Å²) >= 11 is 0. The molecule has 96 valence electrons. The third-order valence-corrected chi connectivity index (χ3v) is 3.42. The van der Waals surface area contributed by atoms with Gasteiger partial charge in [0.1, 0.15) is 0 Å². The standard InChI is InChI=1S/C11H22N6/c1-15(2)11-3-4-16(9-11)5-6-17-8-10(7-12)13-14-17/h8,11H,3-7,9,12H2,1-2H3. The van der Waals surface area contributed by atoms with Crippen molar-refractivity contribution in [1.82, 2.24) is 24.8 Å². The summed E-state index contributed by atoms with van der Waals surface area (Å²) < 4.78 is 1.88. The van der Waals surface area contributed by atoms with Gasteiger partial charge in [-0.1, -0.05) is 5.21 Å². The Hall–Kier alpha value is -0.980. The van der Waals surface area contributed by atoms with Gasteiger partial charge in [0.25, 0.3) is 0 Å². The lowest BCUT2D eigenvalue weighted by molar-refractivity contribution is 0.260. The van der Waals surface area contributed by atoms with Gasteiger partial charge in [-0.15, -0.1) is 5.10 Å². The van der Waals surface area contributed by atoms with Crippen LogP contribution in [0.1, 0.15) is 12.1 Å². The van der Waals surface area contributed by atoms with E-state index in [0.717, 1.165) is 25.3 Å².